The summed E-state index contributed by atoms with van der Waals surface area (Å²) in [5.41, 5.74) is 1.56. The lowest BCUT2D eigenvalue weighted by molar-refractivity contribution is -0.0959. The highest BCUT2D eigenvalue weighted by molar-refractivity contribution is 5.93. The van der Waals surface area contributed by atoms with Gasteiger partial charge in [0.15, 0.2) is 0 Å². The number of tetrazole rings is 1. The van der Waals surface area contributed by atoms with E-state index in [0.29, 0.717) is 50.3 Å². The van der Waals surface area contributed by atoms with Gasteiger partial charge in [0.05, 0.1) is 33.5 Å². The molecule has 1 atom stereocenters. The largest absolute Gasteiger partial charge is 0.497 e. The molecular weight excluding hydrogens is 402 g/mol. The van der Waals surface area contributed by atoms with E-state index in [1.807, 2.05) is 24.3 Å². The quantitative estimate of drug-likeness (QED) is 0.584. The zero-order valence-electron chi connectivity index (χ0n) is 17.3. The van der Waals surface area contributed by atoms with E-state index in [0.717, 1.165) is 11.3 Å². The van der Waals surface area contributed by atoms with Gasteiger partial charge < -0.3 is 19.5 Å². The summed E-state index contributed by atoms with van der Waals surface area (Å²) in [6.45, 7) is 4.10. The number of hydrogen-bond acceptors (Lipinski definition) is 9. The SMILES string of the molecule is COc1cccc(CNC(=O)c2cc(-c3nnn(CC4COCCO4)n3)nc(C)n2)c1. The van der Waals surface area contributed by atoms with Crippen LogP contribution in [-0.2, 0) is 22.6 Å². The van der Waals surface area contributed by atoms with Crippen LogP contribution in [0.5, 0.6) is 5.75 Å². The minimum atomic E-state index is -0.324. The summed E-state index contributed by atoms with van der Waals surface area (Å²) in [5.74, 6) is 1.15. The number of nitrogens with zero attached hydrogens (tertiary/aromatic N) is 6. The molecule has 1 saturated heterocycles. The van der Waals surface area contributed by atoms with Crippen LogP contribution in [0.2, 0.25) is 0 Å². The molecule has 0 aliphatic carbocycles. The zero-order valence-corrected chi connectivity index (χ0v) is 17.3. The number of aryl methyl sites for hydroxylation is 1. The van der Waals surface area contributed by atoms with Gasteiger partial charge in [0.25, 0.3) is 5.91 Å². The van der Waals surface area contributed by atoms with Crippen LogP contribution < -0.4 is 10.1 Å². The van der Waals surface area contributed by atoms with Gasteiger partial charge >= 0.3 is 0 Å². The van der Waals surface area contributed by atoms with Crippen LogP contribution in [-0.4, -0.2) is 69.1 Å². The van der Waals surface area contributed by atoms with Crippen LogP contribution in [0, 0.1) is 6.92 Å². The zero-order chi connectivity index (χ0) is 21.6. The molecule has 1 aliphatic rings. The number of hydrogen-bond donors (Lipinski definition) is 1. The Kier molecular flexibility index (Phi) is 6.43. The first kappa shape index (κ1) is 20.8. The summed E-state index contributed by atoms with van der Waals surface area (Å²) in [7, 11) is 1.60. The molecule has 2 aromatic heterocycles. The highest BCUT2D eigenvalue weighted by atomic mass is 16.6. The van der Waals surface area contributed by atoms with Crippen LogP contribution in [0.25, 0.3) is 11.5 Å². The van der Waals surface area contributed by atoms with Crippen molar-refractivity contribution in [3.8, 4) is 17.3 Å². The average molecular weight is 425 g/mol. The van der Waals surface area contributed by atoms with E-state index in [2.05, 4.69) is 30.7 Å². The van der Waals surface area contributed by atoms with Gasteiger partial charge in [-0.05, 0) is 35.9 Å². The molecule has 0 radical (unpaired) electrons. The minimum Gasteiger partial charge on any atom is -0.497 e. The van der Waals surface area contributed by atoms with E-state index in [4.69, 9.17) is 14.2 Å². The van der Waals surface area contributed by atoms with E-state index in [1.165, 1.54) is 4.80 Å². The monoisotopic (exact) mass is 425 g/mol. The van der Waals surface area contributed by atoms with Gasteiger partial charge in [-0.2, -0.15) is 4.80 Å². The van der Waals surface area contributed by atoms with E-state index in [9.17, 15) is 4.79 Å². The molecule has 1 unspecified atom stereocenters. The average Bonchev–Trinajstić information content (AvgIpc) is 3.26. The lowest BCUT2D eigenvalue weighted by Crippen LogP contribution is -2.33. The molecule has 0 saturated carbocycles. The Bertz CT molecular complexity index is 1050. The molecule has 162 valence electrons. The fraction of sp³-hybridized carbons (Fsp3) is 0.400. The number of rotatable bonds is 7. The number of nitrogens with one attached hydrogen (secondary N) is 1. The number of carbonyl (C=O) groups is 1. The predicted molar refractivity (Wildman–Crippen MR) is 108 cm³/mol. The molecule has 0 bridgehead atoms. The van der Waals surface area contributed by atoms with Crippen molar-refractivity contribution in [3.05, 3.63) is 47.4 Å². The third-order valence-electron chi connectivity index (χ3n) is 4.59. The van der Waals surface area contributed by atoms with Crippen LogP contribution in [0.3, 0.4) is 0 Å². The molecule has 1 aliphatic heterocycles. The van der Waals surface area contributed by atoms with Gasteiger partial charge in [-0.15, -0.1) is 10.2 Å². The smallest absolute Gasteiger partial charge is 0.270 e. The molecule has 31 heavy (non-hydrogen) atoms. The molecule has 11 nitrogen and oxygen atoms in total. The predicted octanol–water partition coefficient (Wildman–Crippen LogP) is 0.793. The fourth-order valence-corrected chi connectivity index (χ4v) is 3.10. The second-order valence-electron chi connectivity index (χ2n) is 6.96. The number of benzene rings is 1. The van der Waals surface area contributed by atoms with E-state index >= 15 is 0 Å². The summed E-state index contributed by atoms with van der Waals surface area (Å²) in [4.78, 5) is 22.7. The molecular formula is C20H23N7O4. The van der Waals surface area contributed by atoms with Gasteiger partial charge in [-0.1, -0.05) is 12.1 Å². The molecule has 1 aromatic carbocycles. The third kappa shape index (κ3) is 5.38. The summed E-state index contributed by atoms with van der Waals surface area (Å²) in [6, 6.07) is 9.03. The standard InChI is InChI=1S/C20H23N7O4/c1-13-22-17(19-24-26-27(25-19)11-16-12-30-6-7-31-16)9-18(23-13)20(28)21-10-14-4-3-5-15(8-14)29-2/h3-5,8-9,16H,6-7,10-12H2,1-2H3,(H,21,28). The maximum absolute atomic E-state index is 12.7. The van der Waals surface area contributed by atoms with E-state index in [1.54, 1.807) is 20.1 Å². The summed E-state index contributed by atoms with van der Waals surface area (Å²) in [6.07, 6.45) is -0.124. The summed E-state index contributed by atoms with van der Waals surface area (Å²) < 4.78 is 16.2. The van der Waals surface area contributed by atoms with Crippen molar-refractivity contribution in [2.45, 2.75) is 26.1 Å². The Morgan fingerprint density at radius 1 is 1.29 bits per heavy atom. The Labute approximate surface area is 178 Å². The van der Waals surface area contributed by atoms with Crippen LogP contribution in [0.4, 0.5) is 0 Å². The van der Waals surface area contributed by atoms with Crippen LogP contribution >= 0.6 is 0 Å². The van der Waals surface area contributed by atoms with Crippen molar-refractivity contribution in [3.63, 3.8) is 0 Å². The van der Waals surface area contributed by atoms with Crippen molar-refractivity contribution < 1.29 is 19.0 Å². The number of methoxy groups -OCH3 is 1. The second-order valence-corrected chi connectivity index (χ2v) is 6.96. The van der Waals surface area contributed by atoms with Crippen molar-refractivity contribution >= 4 is 5.91 Å². The van der Waals surface area contributed by atoms with Gasteiger partial charge in [-0.25, -0.2) is 9.97 Å². The summed E-state index contributed by atoms with van der Waals surface area (Å²) in [5, 5.41) is 15.3. The van der Waals surface area contributed by atoms with Crippen LogP contribution in [0.15, 0.2) is 30.3 Å². The number of ether oxygens (including phenoxy) is 3. The topological polar surface area (TPSA) is 126 Å². The number of aromatic nitrogens is 6. The Morgan fingerprint density at radius 3 is 3.00 bits per heavy atom. The molecule has 1 fully saturated rings. The lowest BCUT2D eigenvalue weighted by atomic mass is 10.2. The van der Waals surface area contributed by atoms with Gasteiger partial charge in [0.2, 0.25) is 5.82 Å². The van der Waals surface area contributed by atoms with Crippen molar-refractivity contribution in [2.75, 3.05) is 26.9 Å². The van der Waals surface area contributed by atoms with E-state index < -0.39 is 0 Å². The lowest BCUT2D eigenvalue weighted by Gasteiger charge is -2.21. The van der Waals surface area contributed by atoms with Gasteiger partial charge in [0, 0.05) is 6.54 Å². The molecule has 3 aromatic rings. The Balaban J connectivity index is 1.44. The maximum Gasteiger partial charge on any atom is 0.270 e. The van der Waals surface area contributed by atoms with E-state index in [-0.39, 0.29) is 17.7 Å². The molecule has 1 N–H and O–H groups in total. The van der Waals surface area contributed by atoms with Crippen molar-refractivity contribution in [1.29, 1.82) is 0 Å². The first-order valence-corrected chi connectivity index (χ1v) is 9.85. The molecule has 4 rings (SSSR count). The van der Waals surface area contributed by atoms with Crippen LogP contribution in [0.1, 0.15) is 21.9 Å². The Hall–Kier alpha value is -3.44. The highest BCUT2D eigenvalue weighted by Crippen LogP contribution is 2.14. The molecule has 0 spiro atoms. The minimum absolute atomic E-state index is 0.124. The number of carbonyl (C=O) groups excluding carboxylic acids is 1. The Morgan fingerprint density at radius 2 is 2.19 bits per heavy atom. The molecule has 3 heterocycles. The molecule has 11 heteroatoms. The number of amides is 1. The first-order chi connectivity index (χ1) is 15.1. The van der Waals surface area contributed by atoms with Gasteiger partial charge in [0.1, 0.15) is 29.1 Å². The van der Waals surface area contributed by atoms with Crippen molar-refractivity contribution in [1.82, 2.24) is 35.5 Å². The van der Waals surface area contributed by atoms with Crippen molar-refractivity contribution in [2.24, 2.45) is 0 Å². The normalized spacial score (nSPS) is 16.1. The molecule has 1 amide bonds. The fourth-order valence-electron chi connectivity index (χ4n) is 3.10. The van der Waals surface area contributed by atoms with Gasteiger partial charge in [-0.3, -0.25) is 4.79 Å². The third-order valence-corrected chi connectivity index (χ3v) is 4.59. The second kappa shape index (κ2) is 9.58. The maximum atomic E-state index is 12.7. The summed E-state index contributed by atoms with van der Waals surface area (Å²) >= 11 is 0. The highest BCUT2D eigenvalue weighted by Gasteiger charge is 2.18. The first-order valence-electron chi connectivity index (χ1n) is 9.85.